The minimum Gasteiger partial charge on any atom is -0.507 e. The largest absolute Gasteiger partial charge is 0.507 e. The minimum atomic E-state index is -0.532. The molecule has 0 aliphatic rings. The highest BCUT2D eigenvalue weighted by Gasteiger charge is 2.14. The van der Waals surface area contributed by atoms with Crippen LogP contribution in [0.4, 0.5) is 4.39 Å². The van der Waals surface area contributed by atoms with Gasteiger partial charge in [0.1, 0.15) is 18.2 Å². The van der Waals surface area contributed by atoms with E-state index in [0.29, 0.717) is 30.1 Å². The van der Waals surface area contributed by atoms with Gasteiger partial charge in [-0.25, -0.2) is 9.82 Å². The molecule has 0 aliphatic heterocycles. The third-order valence-corrected chi connectivity index (χ3v) is 5.60. The first-order valence-electron chi connectivity index (χ1n) is 11.8. The Labute approximate surface area is 214 Å². The van der Waals surface area contributed by atoms with Crippen molar-refractivity contribution in [3.05, 3.63) is 114 Å². The summed E-state index contributed by atoms with van der Waals surface area (Å²) in [4.78, 5) is 12.7. The number of carbonyl (C=O) groups excluding carboxylic acids is 1. The lowest BCUT2D eigenvalue weighted by atomic mass is 10.1. The number of hydrogen-bond acceptors (Lipinski definition) is 5. The van der Waals surface area contributed by atoms with Crippen LogP contribution in [0.25, 0.3) is 10.8 Å². The topological polar surface area (TPSA) is 80.2 Å². The average Bonchev–Trinajstić information content (AvgIpc) is 2.89. The van der Waals surface area contributed by atoms with E-state index in [0.717, 1.165) is 21.9 Å². The number of halogens is 1. The van der Waals surface area contributed by atoms with Crippen molar-refractivity contribution in [2.45, 2.75) is 20.0 Å². The van der Waals surface area contributed by atoms with Gasteiger partial charge in [0.25, 0.3) is 5.91 Å². The standard InChI is InChI=1S/C30H27FN2O4/c1-3-7-24-14-21(15-28(36-4-2)29(24)37-19-20-10-12-25(31)13-11-20)18-32-33-30(35)26-16-22-8-5-6-9-23(22)17-27(26)34/h3,5-6,8-18,34H,1,4,7,19H2,2H3,(H,33,35). The molecule has 0 saturated carbocycles. The summed E-state index contributed by atoms with van der Waals surface area (Å²) >= 11 is 0. The molecule has 0 heterocycles. The highest BCUT2D eigenvalue weighted by Crippen LogP contribution is 2.34. The molecule has 188 valence electrons. The summed E-state index contributed by atoms with van der Waals surface area (Å²) in [6, 6.07) is 20.4. The number of carbonyl (C=O) groups is 1. The minimum absolute atomic E-state index is 0.124. The van der Waals surface area contributed by atoms with Gasteiger partial charge < -0.3 is 14.6 Å². The lowest BCUT2D eigenvalue weighted by Crippen LogP contribution is -2.17. The third kappa shape index (κ3) is 6.32. The number of phenolic OH excluding ortho intramolecular Hbond substituents is 1. The molecule has 4 aromatic carbocycles. The second kappa shape index (κ2) is 11.9. The first kappa shape index (κ1) is 25.4. The Bertz CT molecular complexity index is 1450. The summed E-state index contributed by atoms with van der Waals surface area (Å²) in [6.45, 7) is 6.35. The second-order valence-electron chi connectivity index (χ2n) is 8.26. The van der Waals surface area contributed by atoms with Crippen LogP contribution in [0.5, 0.6) is 17.2 Å². The molecule has 0 fully saturated rings. The Morgan fingerprint density at radius 1 is 1.05 bits per heavy atom. The van der Waals surface area contributed by atoms with Gasteiger partial charge in [-0.3, -0.25) is 4.79 Å². The molecule has 6 nitrogen and oxygen atoms in total. The number of hydrogen-bond donors (Lipinski definition) is 2. The summed E-state index contributed by atoms with van der Waals surface area (Å²) in [6.07, 6.45) is 3.76. The van der Waals surface area contributed by atoms with Gasteiger partial charge in [-0.05, 0) is 71.6 Å². The van der Waals surface area contributed by atoms with Gasteiger partial charge in [0, 0.05) is 5.56 Å². The molecule has 0 aromatic heterocycles. The first-order valence-corrected chi connectivity index (χ1v) is 11.8. The van der Waals surface area contributed by atoms with E-state index >= 15 is 0 Å². The Morgan fingerprint density at radius 3 is 2.49 bits per heavy atom. The number of phenols is 1. The number of fused-ring (bicyclic) bond motifs is 1. The fourth-order valence-electron chi connectivity index (χ4n) is 3.86. The van der Waals surface area contributed by atoms with Crippen LogP contribution in [0.1, 0.15) is 34.0 Å². The summed E-state index contributed by atoms with van der Waals surface area (Å²) in [5, 5.41) is 16.0. The van der Waals surface area contributed by atoms with Crippen molar-refractivity contribution in [3.8, 4) is 17.2 Å². The van der Waals surface area contributed by atoms with Gasteiger partial charge in [-0.1, -0.05) is 42.5 Å². The molecule has 4 rings (SSSR count). The zero-order valence-electron chi connectivity index (χ0n) is 20.4. The van der Waals surface area contributed by atoms with Crippen molar-refractivity contribution in [2.24, 2.45) is 5.10 Å². The van der Waals surface area contributed by atoms with Gasteiger partial charge in [-0.15, -0.1) is 6.58 Å². The summed E-state index contributed by atoms with van der Waals surface area (Å²) in [5.74, 6) is 0.117. The van der Waals surface area contributed by atoms with E-state index in [9.17, 15) is 14.3 Å². The van der Waals surface area contributed by atoms with Crippen LogP contribution in [0.3, 0.4) is 0 Å². The maximum Gasteiger partial charge on any atom is 0.275 e. The van der Waals surface area contributed by atoms with Gasteiger partial charge in [0.2, 0.25) is 0 Å². The molecular weight excluding hydrogens is 471 g/mol. The van der Waals surface area contributed by atoms with E-state index in [1.54, 1.807) is 36.4 Å². The zero-order valence-corrected chi connectivity index (χ0v) is 20.4. The van der Waals surface area contributed by atoms with Gasteiger partial charge in [-0.2, -0.15) is 5.10 Å². The smallest absolute Gasteiger partial charge is 0.275 e. The van der Waals surface area contributed by atoms with Crippen molar-refractivity contribution in [2.75, 3.05) is 6.61 Å². The molecule has 2 N–H and O–H groups in total. The number of nitrogens with one attached hydrogen (secondary N) is 1. The summed E-state index contributed by atoms with van der Waals surface area (Å²) < 4.78 is 25.1. The van der Waals surface area contributed by atoms with Crippen LogP contribution in [0.2, 0.25) is 0 Å². The zero-order chi connectivity index (χ0) is 26.2. The number of benzene rings is 4. The Morgan fingerprint density at radius 2 is 1.78 bits per heavy atom. The van der Waals surface area contributed by atoms with E-state index in [1.807, 2.05) is 37.3 Å². The van der Waals surface area contributed by atoms with Crippen molar-refractivity contribution >= 4 is 22.9 Å². The monoisotopic (exact) mass is 498 g/mol. The molecule has 0 aliphatic carbocycles. The Hall–Kier alpha value is -4.65. The number of hydrazone groups is 1. The van der Waals surface area contributed by atoms with Crippen LogP contribution in [-0.2, 0) is 13.0 Å². The molecule has 37 heavy (non-hydrogen) atoms. The molecule has 7 heteroatoms. The van der Waals surface area contributed by atoms with Crippen molar-refractivity contribution < 1.29 is 23.8 Å². The Balaban J connectivity index is 1.54. The number of ether oxygens (including phenoxy) is 2. The molecular formula is C30H27FN2O4. The first-order chi connectivity index (χ1) is 18.0. The van der Waals surface area contributed by atoms with Crippen LogP contribution in [-0.4, -0.2) is 23.8 Å². The summed E-state index contributed by atoms with van der Waals surface area (Å²) in [5.41, 5.74) is 4.92. The van der Waals surface area contributed by atoms with Crippen molar-refractivity contribution in [3.63, 3.8) is 0 Å². The van der Waals surface area contributed by atoms with Gasteiger partial charge in [0.05, 0.1) is 18.4 Å². The van der Waals surface area contributed by atoms with E-state index in [1.165, 1.54) is 18.3 Å². The van der Waals surface area contributed by atoms with E-state index in [4.69, 9.17) is 9.47 Å². The van der Waals surface area contributed by atoms with Crippen molar-refractivity contribution in [1.82, 2.24) is 5.43 Å². The molecule has 0 bridgehead atoms. The predicted molar refractivity (Wildman–Crippen MR) is 143 cm³/mol. The van der Waals surface area contributed by atoms with Gasteiger partial charge in [0.15, 0.2) is 11.5 Å². The molecule has 4 aromatic rings. The van der Waals surface area contributed by atoms with E-state index < -0.39 is 5.91 Å². The average molecular weight is 499 g/mol. The van der Waals surface area contributed by atoms with E-state index in [-0.39, 0.29) is 23.7 Å². The number of nitrogens with zero attached hydrogens (tertiary/aromatic N) is 1. The quantitative estimate of drug-likeness (QED) is 0.156. The molecule has 0 atom stereocenters. The Kier molecular flexibility index (Phi) is 8.15. The van der Waals surface area contributed by atoms with Crippen LogP contribution < -0.4 is 14.9 Å². The predicted octanol–water partition coefficient (Wildman–Crippen LogP) is 6.15. The van der Waals surface area contributed by atoms with E-state index in [2.05, 4.69) is 17.1 Å². The molecule has 0 saturated heterocycles. The van der Waals surface area contributed by atoms with Crippen LogP contribution >= 0.6 is 0 Å². The lowest BCUT2D eigenvalue weighted by Gasteiger charge is -2.17. The highest BCUT2D eigenvalue weighted by molar-refractivity contribution is 6.01. The molecule has 0 unspecified atom stereocenters. The van der Waals surface area contributed by atoms with Crippen LogP contribution in [0, 0.1) is 5.82 Å². The second-order valence-corrected chi connectivity index (χ2v) is 8.26. The molecule has 0 radical (unpaired) electrons. The number of amides is 1. The fourth-order valence-corrected chi connectivity index (χ4v) is 3.86. The van der Waals surface area contributed by atoms with Gasteiger partial charge >= 0.3 is 0 Å². The summed E-state index contributed by atoms with van der Waals surface area (Å²) in [7, 11) is 0. The molecule has 0 spiro atoms. The fraction of sp³-hybridized carbons (Fsp3) is 0.133. The third-order valence-electron chi connectivity index (χ3n) is 5.60. The maximum atomic E-state index is 13.2. The molecule has 1 amide bonds. The number of rotatable bonds is 10. The normalized spacial score (nSPS) is 11.0. The highest BCUT2D eigenvalue weighted by atomic mass is 19.1. The SMILES string of the molecule is C=CCc1cc(C=NNC(=O)c2cc3ccccc3cc2O)cc(OCC)c1OCc1ccc(F)cc1. The lowest BCUT2D eigenvalue weighted by molar-refractivity contribution is 0.0952. The number of aromatic hydroxyl groups is 1. The van der Waals surface area contributed by atoms with Crippen LogP contribution in [0.15, 0.2) is 90.6 Å². The number of allylic oxidation sites excluding steroid dienone is 1. The maximum absolute atomic E-state index is 13.2. The van der Waals surface area contributed by atoms with Crippen molar-refractivity contribution in [1.29, 1.82) is 0 Å².